The van der Waals surface area contributed by atoms with Crippen LogP contribution in [0.1, 0.15) is 107 Å². The molecule has 0 radical (unpaired) electrons. The molecule has 3 heteroatoms. The Kier molecular flexibility index (Phi) is 6.91. The molecule has 0 bridgehead atoms. The largest absolute Gasteiger partial charge is 0.206 e. The highest BCUT2D eigenvalue weighted by molar-refractivity contribution is 6.03. The molecule has 0 nitrogen and oxygen atoms in total. The van der Waals surface area contributed by atoms with Gasteiger partial charge >= 0.3 is 0 Å². The third-order valence-electron chi connectivity index (χ3n) is 9.00. The van der Waals surface area contributed by atoms with Crippen LogP contribution in [0.4, 0.5) is 13.2 Å². The fourth-order valence-corrected chi connectivity index (χ4v) is 7.00. The maximum absolute atomic E-state index is 15.6. The van der Waals surface area contributed by atoms with Crippen LogP contribution >= 0.6 is 0 Å². The van der Waals surface area contributed by atoms with Gasteiger partial charge in [-0.3, -0.25) is 0 Å². The van der Waals surface area contributed by atoms with Crippen LogP contribution in [0.5, 0.6) is 0 Å². The lowest BCUT2D eigenvalue weighted by molar-refractivity contribution is 0.304. The van der Waals surface area contributed by atoms with E-state index < -0.39 is 11.6 Å². The van der Waals surface area contributed by atoms with Crippen molar-refractivity contribution in [3.63, 3.8) is 0 Å². The van der Waals surface area contributed by atoms with E-state index >= 15 is 13.2 Å². The van der Waals surface area contributed by atoms with Gasteiger partial charge in [0.1, 0.15) is 5.82 Å². The zero-order valence-corrected chi connectivity index (χ0v) is 20.4. The molecule has 0 aliphatic heterocycles. The van der Waals surface area contributed by atoms with E-state index in [1.165, 1.54) is 12.8 Å². The zero-order valence-electron chi connectivity index (χ0n) is 20.4. The monoisotopic (exact) mass is 466 g/mol. The Balaban J connectivity index is 1.36. The number of hydrogen-bond donors (Lipinski definition) is 0. The Morgan fingerprint density at radius 2 is 1.32 bits per heavy atom. The van der Waals surface area contributed by atoms with Gasteiger partial charge in [0.25, 0.3) is 0 Å². The molecule has 182 valence electrons. The van der Waals surface area contributed by atoms with Gasteiger partial charge in [-0.1, -0.05) is 38.0 Å². The van der Waals surface area contributed by atoms with Crippen molar-refractivity contribution in [3.8, 4) is 22.3 Å². The number of halogens is 3. The Bertz CT molecular complexity index is 1050. The zero-order chi connectivity index (χ0) is 23.8. The molecule has 2 fully saturated rings. The maximum Gasteiger partial charge on any atom is 0.167 e. The third-order valence-corrected chi connectivity index (χ3v) is 9.00. The first-order valence-corrected chi connectivity index (χ1v) is 13.5. The second-order valence-electron chi connectivity index (χ2n) is 11.0. The maximum atomic E-state index is 15.6. The second-order valence-corrected chi connectivity index (χ2v) is 11.0. The fourth-order valence-electron chi connectivity index (χ4n) is 7.00. The number of rotatable bonds is 7. The lowest BCUT2D eigenvalue weighted by atomic mass is 9.71. The summed E-state index contributed by atoms with van der Waals surface area (Å²) in [5.74, 6) is -0.298. The summed E-state index contributed by atoms with van der Waals surface area (Å²) in [6.07, 6.45) is 14.6. The Hall–Kier alpha value is -2.03. The smallest absolute Gasteiger partial charge is 0.167 e. The molecule has 0 N–H and O–H groups in total. The van der Waals surface area contributed by atoms with Gasteiger partial charge in [0.2, 0.25) is 0 Å². The van der Waals surface area contributed by atoms with Gasteiger partial charge in [0.05, 0.1) is 0 Å². The normalized spacial score (nSPS) is 25.9. The molecule has 3 aliphatic carbocycles. The van der Waals surface area contributed by atoms with Crippen LogP contribution in [0.15, 0.2) is 30.9 Å². The van der Waals surface area contributed by atoms with Gasteiger partial charge in [-0.15, -0.1) is 6.58 Å². The van der Waals surface area contributed by atoms with Crippen molar-refractivity contribution >= 4 is 0 Å². The summed E-state index contributed by atoms with van der Waals surface area (Å²) in [6, 6.07) is 5.68. The number of fused-ring (bicyclic) bond motifs is 4. The molecule has 2 aromatic rings. The van der Waals surface area contributed by atoms with Crippen molar-refractivity contribution in [1.82, 2.24) is 0 Å². The van der Waals surface area contributed by atoms with Crippen LogP contribution < -0.4 is 0 Å². The van der Waals surface area contributed by atoms with Crippen molar-refractivity contribution in [2.45, 2.75) is 95.8 Å². The molecule has 5 rings (SSSR count). The number of hydrogen-bond acceptors (Lipinski definition) is 0. The van der Waals surface area contributed by atoms with E-state index in [0.29, 0.717) is 28.2 Å². The van der Waals surface area contributed by atoms with E-state index in [0.717, 1.165) is 75.7 Å². The van der Waals surface area contributed by atoms with Gasteiger partial charge in [-0.25, -0.2) is 13.2 Å². The highest BCUT2D eigenvalue weighted by atomic mass is 19.2. The minimum atomic E-state index is -0.850. The van der Waals surface area contributed by atoms with Gasteiger partial charge in [0.15, 0.2) is 11.6 Å². The molecule has 0 amide bonds. The van der Waals surface area contributed by atoms with Crippen LogP contribution in [0.25, 0.3) is 22.3 Å². The predicted molar refractivity (Wildman–Crippen MR) is 134 cm³/mol. The van der Waals surface area contributed by atoms with E-state index in [2.05, 4.69) is 13.5 Å². The molecule has 2 aromatic carbocycles. The third kappa shape index (κ3) is 4.14. The van der Waals surface area contributed by atoms with E-state index in [4.69, 9.17) is 0 Å². The van der Waals surface area contributed by atoms with Crippen molar-refractivity contribution in [2.24, 2.45) is 11.8 Å². The summed E-state index contributed by atoms with van der Waals surface area (Å²) >= 11 is 0. The molecule has 34 heavy (non-hydrogen) atoms. The van der Waals surface area contributed by atoms with E-state index in [-0.39, 0.29) is 23.2 Å². The quantitative estimate of drug-likeness (QED) is 0.304. The summed E-state index contributed by atoms with van der Waals surface area (Å²) in [4.78, 5) is 0. The highest BCUT2D eigenvalue weighted by Crippen LogP contribution is 2.54. The first-order valence-electron chi connectivity index (χ1n) is 13.5. The lowest BCUT2D eigenvalue weighted by Gasteiger charge is -2.33. The summed E-state index contributed by atoms with van der Waals surface area (Å²) in [5, 5.41) is 0. The van der Waals surface area contributed by atoms with Crippen molar-refractivity contribution < 1.29 is 13.2 Å². The summed E-state index contributed by atoms with van der Waals surface area (Å²) in [5.41, 5.74) is 3.09. The minimum Gasteiger partial charge on any atom is -0.206 e. The molecule has 2 saturated carbocycles. The SMILES string of the molecule is C=CCCC1CCC(c2cc3c(c(F)c2F)-c2c-3ccc(C3CCC(CCC)CC3)c2F)CC1. The van der Waals surface area contributed by atoms with Crippen molar-refractivity contribution in [1.29, 1.82) is 0 Å². The summed E-state index contributed by atoms with van der Waals surface area (Å²) < 4.78 is 46.2. The topological polar surface area (TPSA) is 0 Å². The van der Waals surface area contributed by atoms with Crippen LogP contribution in [0.2, 0.25) is 0 Å². The molecule has 0 atom stereocenters. The van der Waals surface area contributed by atoms with Crippen LogP contribution in [0.3, 0.4) is 0 Å². The molecule has 0 spiro atoms. The van der Waals surface area contributed by atoms with E-state index in [1.54, 1.807) is 0 Å². The van der Waals surface area contributed by atoms with Crippen LogP contribution in [0, 0.1) is 29.3 Å². The molecule has 0 unspecified atom stereocenters. The van der Waals surface area contributed by atoms with Crippen LogP contribution in [-0.2, 0) is 0 Å². The Morgan fingerprint density at radius 3 is 1.94 bits per heavy atom. The molecular formula is C31H37F3. The summed E-state index contributed by atoms with van der Waals surface area (Å²) in [6.45, 7) is 6.02. The lowest BCUT2D eigenvalue weighted by Crippen LogP contribution is -2.18. The Labute approximate surface area is 202 Å². The summed E-state index contributed by atoms with van der Waals surface area (Å²) in [7, 11) is 0. The minimum absolute atomic E-state index is 0.0475. The van der Waals surface area contributed by atoms with E-state index in [9.17, 15) is 0 Å². The van der Waals surface area contributed by atoms with Crippen LogP contribution in [-0.4, -0.2) is 0 Å². The van der Waals surface area contributed by atoms with Gasteiger partial charge in [0, 0.05) is 11.1 Å². The average Bonchev–Trinajstić information content (AvgIpc) is 2.84. The second kappa shape index (κ2) is 9.91. The molecule has 0 heterocycles. The fraction of sp³-hybridized carbons (Fsp3) is 0.548. The van der Waals surface area contributed by atoms with Gasteiger partial charge < -0.3 is 0 Å². The van der Waals surface area contributed by atoms with Crippen molar-refractivity contribution in [3.05, 3.63) is 59.4 Å². The molecule has 3 aliphatic rings. The highest BCUT2D eigenvalue weighted by Gasteiger charge is 2.37. The number of allylic oxidation sites excluding steroid dienone is 1. The van der Waals surface area contributed by atoms with Gasteiger partial charge in [-0.2, -0.15) is 0 Å². The standard InChI is InChI=1S/C31H37F3/c1-3-5-7-20-10-14-22(15-11-20)25-18-26-24-17-16-23(21-12-8-19(6-4-2)9-13-21)29(32)27(24)28(26)31(34)30(25)33/h3,16-22H,1,4-15H2,2H3. The Morgan fingerprint density at radius 1 is 0.735 bits per heavy atom. The first kappa shape index (κ1) is 23.7. The first-order chi connectivity index (χ1) is 16.5. The van der Waals surface area contributed by atoms with Gasteiger partial charge in [-0.05, 0) is 116 Å². The molecule has 0 aromatic heterocycles. The predicted octanol–water partition coefficient (Wildman–Crippen LogP) is 10.1. The van der Waals surface area contributed by atoms with Crippen molar-refractivity contribution in [2.75, 3.05) is 0 Å². The average molecular weight is 467 g/mol. The van der Waals surface area contributed by atoms with E-state index in [1.807, 2.05) is 24.3 Å². The molecular weight excluding hydrogens is 429 g/mol. The number of benzene rings is 2. The molecule has 0 saturated heterocycles.